The number of fused-ring (bicyclic) bond motifs is 5. The second-order valence-corrected chi connectivity index (χ2v) is 8.76. The lowest BCUT2D eigenvalue weighted by Crippen LogP contribution is -2.49. The van der Waals surface area contributed by atoms with Gasteiger partial charge in [0.05, 0.1) is 12.6 Å². The Morgan fingerprint density at radius 2 is 1.83 bits per heavy atom. The molecule has 30 heavy (non-hydrogen) atoms. The van der Waals surface area contributed by atoms with Gasteiger partial charge in [-0.15, -0.1) is 0 Å². The molecule has 5 nitrogen and oxygen atoms in total. The highest BCUT2D eigenvalue weighted by Gasteiger charge is 2.32. The van der Waals surface area contributed by atoms with E-state index in [1.54, 1.807) is 0 Å². The Bertz CT molecular complexity index is 895. The summed E-state index contributed by atoms with van der Waals surface area (Å²) in [7, 11) is 0. The molecule has 1 atom stereocenters. The van der Waals surface area contributed by atoms with E-state index in [9.17, 15) is 4.79 Å². The first-order chi connectivity index (χ1) is 14.8. The third-order valence-electron chi connectivity index (χ3n) is 6.82. The first kappa shape index (κ1) is 19.6. The predicted molar refractivity (Wildman–Crippen MR) is 119 cm³/mol. The molecule has 2 aliphatic heterocycles. The van der Waals surface area contributed by atoms with Crippen LogP contribution in [0.2, 0.25) is 0 Å². The number of benzene rings is 2. The third kappa shape index (κ3) is 4.09. The highest BCUT2D eigenvalue weighted by atomic mass is 16.5. The maximum atomic E-state index is 11.9. The maximum absolute atomic E-state index is 11.9. The highest BCUT2D eigenvalue weighted by Crippen LogP contribution is 2.38. The number of piperazine rings is 1. The topological polar surface area (TPSA) is 44.8 Å². The normalized spacial score (nSPS) is 21.1. The highest BCUT2D eigenvalue weighted by molar-refractivity contribution is 5.77. The molecular weight excluding hydrogens is 374 g/mol. The van der Waals surface area contributed by atoms with Crippen molar-refractivity contribution in [2.75, 3.05) is 44.3 Å². The molecule has 1 aliphatic carbocycles. The smallest absolute Gasteiger partial charge is 0.246 e. The zero-order valence-corrected chi connectivity index (χ0v) is 17.6. The SMILES string of the molecule is O=C(COCCN1CCN2c3ccccc3Cc3ccccc3C2C1)NC1CCC1. The lowest BCUT2D eigenvalue weighted by Gasteiger charge is -2.43. The molecule has 0 radical (unpaired) electrons. The number of hydrogen-bond donors (Lipinski definition) is 1. The number of para-hydroxylation sites is 1. The number of rotatable bonds is 6. The molecule has 3 aliphatic rings. The second-order valence-electron chi connectivity index (χ2n) is 8.76. The molecular formula is C25H31N3O2. The molecule has 0 bridgehead atoms. The summed E-state index contributed by atoms with van der Waals surface area (Å²) >= 11 is 0. The van der Waals surface area contributed by atoms with Crippen LogP contribution in [0.5, 0.6) is 0 Å². The Hall–Kier alpha value is -2.37. The van der Waals surface area contributed by atoms with Gasteiger partial charge in [-0.3, -0.25) is 9.69 Å². The predicted octanol–water partition coefficient (Wildman–Crippen LogP) is 3.14. The molecule has 158 valence electrons. The Balaban J connectivity index is 1.21. The van der Waals surface area contributed by atoms with Crippen molar-refractivity contribution < 1.29 is 9.53 Å². The first-order valence-electron chi connectivity index (χ1n) is 11.3. The minimum Gasteiger partial charge on any atom is -0.370 e. The Morgan fingerprint density at radius 1 is 1.03 bits per heavy atom. The van der Waals surface area contributed by atoms with E-state index in [0.717, 1.165) is 45.4 Å². The van der Waals surface area contributed by atoms with Gasteiger partial charge in [-0.25, -0.2) is 0 Å². The molecule has 0 aromatic heterocycles. The molecule has 5 rings (SSSR count). The van der Waals surface area contributed by atoms with Gasteiger partial charge < -0.3 is 15.0 Å². The summed E-state index contributed by atoms with van der Waals surface area (Å²) in [5.74, 6) is 0.0267. The molecule has 5 heteroatoms. The van der Waals surface area contributed by atoms with Crippen LogP contribution in [-0.4, -0.2) is 56.2 Å². The molecule has 1 saturated heterocycles. The van der Waals surface area contributed by atoms with E-state index in [1.807, 2.05) is 0 Å². The van der Waals surface area contributed by atoms with Crippen LogP contribution in [0.15, 0.2) is 48.5 Å². The Morgan fingerprint density at radius 3 is 2.67 bits per heavy atom. The van der Waals surface area contributed by atoms with Crippen LogP contribution >= 0.6 is 0 Å². The minimum absolute atomic E-state index is 0.0267. The van der Waals surface area contributed by atoms with Gasteiger partial charge in [0, 0.05) is 37.9 Å². The number of carbonyl (C=O) groups excluding carboxylic acids is 1. The van der Waals surface area contributed by atoms with E-state index in [2.05, 4.69) is 63.6 Å². The summed E-state index contributed by atoms with van der Waals surface area (Å²) in [6.07, 6.45) is 4.45. The average Bonchev–Trinajstić information content (AvgIpc) is 2.88. The van der Waals surface area contributed by atoms with Gasteiger partial charge in [0.1, 0.15) is 6.61 Å². The van der Waals surface area contributed by atoms with E-state index < -0.39 is 0 Å². The largest absolute Gasteiger partial charge is 0.370 e. The van der Waals surface area contributed by atoms with Gasteiger partial charge in [0.25, 0.3) is 0 Å². The van der Waals surface area contributed by atoms with Crippen LogP contribution in [-0.2, 0) is 16.0 Å². The third-order valence-corrected chi connectivity index (χ3v) is 6.82. The van der Waals surface area contributed by atoms with E-state index in [0.29, 0.717) is 18.7 Å². The van der Waals surface area contributed by atoms with Crippen molar-refractivity contribution in [3.8, 4) is 0 Å². The fraction of sp³-hybridized carbons (Fsp3) is 0.480. The van der Waals surface area contributed by atoms with Crippen molar-refractivity contribution in [1.82, 2.24) is 10.2 Å². The van der Waals surface area contributed by atoms with Gasteiger partial charge in [0.2, 0.25) is 5.91 Å². The molecule has 1 saturated carbocycles. The molecule has 1 unspecified atom stereocenters. The summed E-state index contributed by atoms with van der Waals surface area (Å²) in [5.41, 5.74) is 5.67. The lowest BCUT2D eigenvalue weighted by molar-refractivity contribution is -0.127. The molecule has 0 spiro atoms. The lowest BCUT2D eigenvalue weighted by atomic mass is 9.93. The van der Waals surface area contributed by atoms with Gasteiger partial charge in [0.15, 0.2) is 0 Å². The fourth-order valence-corrected chi connectivity index (χ4v) is 4.94. The summed E-state index contributed by atoms with van der Waals surface area (Å²) in [5, 5.41) is 3.04. The number of hydrogen-bond acceptors (Lipinski definition) is 4. The Labute approximate surface area is 179 Å². The van der Waals surface area contributed by atoms with E-state index in [1.165, 1.54) is 28.8 Å². The van der Waals surface area contributed by atoms with Crippen molar-refractivity contribution in [3.63, 3.8) is 0 Å². The average molecular weight is 406 g/mol. The summed E-state index contributed by atoms with van der Waals surface area (Å²) in [6, 6.07) is 18.5. The summed E-state index contributed by atoms with van der Waals surface area (Å²) in [6.45, 7) is 4.66. The van der Waals surface area contributed by atoms with Gasteiger partial charge in [-0.05, 0) is 48.4 Å². The summed E-state index contributed by atoms with van der Waals surface area (Å²) < 4.78 is 5.69. The zero-order chi connectivity index (χ0) is 20.3. The van der Waals surface area contributed by atoms with Gasteiger partial charge in [-0.1, -0.05) is 42.5 Å². The van der Waals surface area contributed by atoms with Crippen LogP contribution in [0, 0.1) is 0 Å². The standard InChI is InChI=1S/C25H31N3O2/c29-25(26-21-8-5-9-21)18-30-15-14-27-12-13-28-23-11-4-2-7-20(23)16-19-6-1-3-10-22(19)24(28)17-27/h1-4,6-7,10-11,21,24H,5,8-9,12-18H2,(H,26,29). The monoisotopic (exact) mass is 405 g/mol. The van der Waals surface area contributed by atoms with Crippen molar-refractivity contribution in [2.45, 2.75) is 37.8 Å². The van der Waals surface area contributed by atoms with E-state index in [-0.39, 0.29) is 12.5 Å². The zero-order valence-electron chi connectivity index (χ0n) is 17.6. The molecule has 2 aromatic rings. The number of ether oxygens (including phenoxy) is 1. The quantitative estimate of drug-likeness (QED) is 0.750. The number of nitrogens with one attached hydrogen (secondary N) is 1. The number of amides is 1. The van der Waals surface area contributed by atoms with Crippen LogP contribution in [0.4, 0.5) is 5.69 Å². The van der Waals surface area contributed by atoms with Crippen molar-refractivity contribution in [2.24, 2.45) is 0 Å². The second kappa shape index (κ2) is 8.78. The molecule has 1 N–H and O–H groups in total. The van der Waals surface area contributed by atoms with Crippen LogP contribution in [0.25, 0.3) is 0 Å². The maximum Gasteiger partial charge on any atom is 0.246 e. The number of carbonyl (C=O) groups is 1. The molecule has 2 fully saturated rings. The minimum atomic E-state index is 0.0267. The fourth-order valence-electron chi connectivity index (χ4n) is 4.94. The Kier molecular flexibility index (Phi) is 5.73. The van der Waals surface area contributed by atoms with Crippen LogP contribution < -0.4 is 10.2 Å². The molecule has 2 aromatic carbocycles. The van der Waals surface area contributed by atoms with Crippen molar-refractivity contribution >= 4 is 11.6 Å². The van der Waals surface area contributed by atoms with E-state index >= 15 is 0 Å². The van der Waals surface area contributed by atoms with Crippen LogP contribution in [0.1, 0.15) is 42.0 Å². The van der Waals surface area contributed by atoms with Crippen molar-refractivity contribution in [1.29, 1.82) is 0 Å². The molecule has 1 amide bonds. The van der Waals surface area contributed by atoms with Crippen LogP contribution in [0.3, 0.4) is 0 Å². The molecule has 2 heterocycles. The first-order valence-corrected chi connectivity index (χ1v) is 11.3. The summed E-state index contributed by atoms with van der Waals surface area (Å²) in [4.78, 5) is 17.0. The number of anilines is 1. The number of nitrogens with zero attached hydrogens (tertiary/aromatic N) is 2. The van der Waals surface area contributed by atoms with Gasteiger partial charge >= 0.3 is 0 Å². The van der Waals surface area contributed by atoms with E-state index in [4.69, 9.17) is 4.74 Å². The van der Waals surface area contributed by atoms with Gasteiger partial charge in [-0.2, -0.15) is 0 Å². The van der Waals surface area contributed by atoms with Crippen molar-refractivity contribution in [3.05, 3.63) is 65.2 Å².